The van der Waals surface area contributed by atoms with Crippen LogP contribution in [0.2, 0.25) is 0 Å². The second-order valence-corrected chi connectivity index (χ2v) is 8.56. The van der Waals surface area contributed by atoms with Crippen LogP contribution in [0.1, 0.15) is 25.7 Å². The van der Waals surface area contributed by atoms with Crippen LogP contribution in [0.5, 0.6) is 6.01 Å². The predicted molar refractivity (Wildman–Crippen MR) is 103 cm³/mol. The van der Waals surface area contributed by atoms with E-state index >= 15 is 0 Å². The standard InChI is InChI=1S/C20H20FN3O3S/c21-15-12-22-20(23-13-15)27-17-10-8-16(9-11-17)24-28(25,26)19-7-3-5-14-4-1-2-6-18(14)19/h1-7,12-13,16-17,24H,8-11H2. The van der Waals surface area contributed by atoms with Crippen molar-refractivity contribution < 1.29 is 17.5 Å². The zero-order valence-corrected chi connectivity index (χ0v) is 15.9. The molecular weight excluding hydrogens is 381 g/mol. The van der Waals surface area contributed by atoms with E-state index in [0.717, 1.165) is 17.8 Å². The van der Waals surface area contributed by atoms with Crippen LogP contribution in [0.4, 0.5) is 4.39 Å². The first-order valence-corrected chi connectivity index (χ1v) is 10.6. The normalized spacial score (nSPS) is 20.2. The van der Waals surface area contributed by atoms with Gasteiger partial charge in [-0.2, -0.15) is 0 Å². The fraction of sp³-hybridized carbons (Fsp3) is 0.300. The molecule has 8 heteroatoms. The first-order chi connectivity index (χ1) is 13.5. The third kappa shape index (κ3) is 4.13. The summed E-state index contributed by atoms with van der Waals surface area (Å²) >= 11 is 0. The summed E-state index contributed by atoms with van der Waals surface area (Å²) in [6, 6.07) is 12.7. The number of hydrogen-bond donors (Lipinski definition) is 1. The highest BCUT2D eigenvalue weighted by molar-refractivity contribution is 7.89. The third-order valence-electron chi connectivity index (χ3n) is 4.90. The average Bonchev–Trinajstić information content (AvgIpc) is 2.70. The van der Waals surface area contributed by atoms with Gasteiger partial charge in [-0.15, -0.1) is 0 Å². The number of nitrogens with zero attached hydrogens (tertiary/aromatic N) is 2. The number of halogens is 1. The molecule has 28 heavy (non-hydrogen) atoms. The highest BCUT2D eigenvalue weighted by Crippen LogP contribution is 2.26. The molecule has 1 aromatic heterocycles. The lowest BCUT2D eigenvalue weighted by Crippen LogP contribution is -2.39. The van der Waals surface area contributed by atoms with Crippen molar-refractivity contribution in [3.05, 3.63) is 60.7 Å². The highest BCUT2D eigenvalue weighted by Gasteiger charge is 2.27. The smallest absolute Gasteiger partial charge is 0.316 e. The molecule has 0 aliphatic heterocycles. The number of benzene rings is 2. The van der Waals surface area contributed by atoms with Crippen molar-refractivity contribution in [2.75, 3.05) is 0 Å². The Balaban J connectivity index is 1.40. The van der Waals surface area contributed by atoms with E-state index in [1.807, 2.05) is 30.3 Å². The van der Waals surface area contributed by atoms with Crippen LogP contribution in [0.15, 0.2) is 59.8 Å². The first-order valence-electron chi connectivity index (χ1n) is 9.15. The molecule has 0 saturated heterocycles. The van der Waals surface area contributed by atoms with Crippen LogP contribution >= 0.6 is 0 Å². The van der Waals surface area contributed by atoms with E-state index < -0.39 is 15.8 Å². The Hall–Kier alpha value is -2.58. The third-order valence-corrected chi connectivity index (χ3v) is 6.48. The van der Waals surface area contributed by atoms with Crippen molar-refractivity contribution >= 4 is 20.8 Å². The maximum Gasteiger partial charge on any atom is 0.316 e. The van der Waals surface area contributed by atoms with E-state index in [9.17, 15) is 12.8 Å². The Morgan fingerprint density at radius 3 is 2.39 bits per heavy atom. The van der Waals surface area contributed by atoms with Crippen molar-refractivity contribution in [1.82, 2.24) is 14.7 Å². The van der Waals surface area contributed by atoms with Crippen LogP contribution in [0.3, 0.4) is 0 Å². The number of ether oxygens (including phenoxy) is 1. The lowest BCUT2D eigenvalue weighted by atomic mass is 9.94. The molecule has 1 heterocycles. The molecule has 3 aromatic rings. The molecule has 0 bridgehead atoms. The van der Waals surface area contributed by atoms with Crippen LogP contribution in [-0.4, -0.2) is 30.5 Å². The van der Waals surface area contributed by atoms with Crippen LogP contribution < -0.4 is 9.46 Å². The van der Waals surface area contributed by atoms with Gasteiger partial charge in [-0.25, -0.2) is 27.5 Å². The Morgan fingerprint density at radius 1 is 0.964 bits per heavy atom. The van der Waals surface area contributed by atoms with Crippen molar-refractivity contribution in [3.8, 4) is 6.01 Å². The van der Waals surface area contributed by atoms with E-state index in [2.05, 4.69) is 14.7 Å². The largest absolute Gasteiger partial charge is 0.460 e. The monoisotopic (exact) mass is 401 g/mol. The van der Waals surface area contributed by atoms with Crippen molar-refractivity contribution in [2.45, 2.75) is 42.7 Å². The molecule has 1 aliphatic carbocycles. The fourth-order valence-electron chi connectivity index (χ4n) is 3.52. The van der Waals surface area contributed by atoms with Gasteiger partial charge in [0.2, 0.25) is 10.0 Å². The first kappa shape index (κ1) is 18.8. The molecule has 1 fully saturated rings. The lowest BCUT2D eigenvalue weighted by molar-refractivity contribution is 0.132. The van der Waals surface area contributed by atoms with E-state index in [0.29, 0.717) is 36.0 Å². The number of rotatable bonds is 5. The molecule has 0 unspecified atom stereocenters. The van der Waals surface area contributed by atoms with Crippen LogP contribution in [-0.2, 0) is 10.0 Å². The van der Waals surface area contributed by atoms with Gasteiger partial charge in [0.05, 0.1) is 17.3 Å². The summed E-state index contributed by atoms with van der Waals surface area (Å²) in [7, 11) is -3.62. The van der Waals surface area contributed by atoms with Gasteiger partial charge in [-0.05, 0) is 37.1 Å². The summed E-state index contributed by atoms with van der Waals surface area (Å²) in [6.07, 6.45) is 4.65. The Morgan fingerprint density at radius 2 is 1.64 bits per heavy atom. The second kappa shape index (κ2) is 7.81. The van der Waals surface area contributed by atoms with E-state index in [-0.39, 0.29) is 18.2 Å². The maximum absolute atomic E-state index is 12.9. The fourth-order valence-corrected chi connectivity index (χ4v) is 5.06. The molecule has 6 nitrogen and oxygen atoms in total. The molecule has 0 atom stereocenters. The Kier molecular flexibility index (Phi) is 5.23. The number of sulfonamides is 1. The molecule has 1 saturated carbocycles. The number of nitrogens with one attached hydrogen (secondary N) is 1. The minimum absolute atomic E-state index is 0.108. The molecule has 2 aromatic carbocycles. The SMILES string of the molecule is O=S(=O)(NC1CCC(Oc2ncc(F)cn2)CC1)c1cccc2ccccc12. The van der Waals surface area contributed by atoms with Crippen molar-refractivity contribution in [3.63, 3.8) is 0 Å². The molecule has 146 valence electrons. The Labute approximate surface area is 162 Å². The van der Waals surface area contributed by atoms with Gasteiger partial charge >= 0.3 is 6.01 Å². The van der Waals surface area contributed by atoms with Gasteiger partial charge in [0.1, 0.15) is 6.10 Å². The predicted octanol–water partition coefficient (Wildman–Crippen LogP) is 3.44. The summed E-state index contributed by atoms with van der Waals surface area (Å²) < 4.78 is 47.2. The summed E-state index contributed by atoms with van der Waals surface area (Å²) in [4.78, 5) is 7.89. The summed E-state index contributed by atoms with van der Waals surface area (Å²) in [5.41, 5.74) is 0. The van der Waals surface area contributed by atoms with Gasteiger partial charge in [0, 0.05) is 11.4 Å². The highest BCUT2D eigenvalue weighted by atomic mass is 32.2. The quantitative estimate of drug-likeness (QED) is 0.708. The molecule has 0 radical (unpaired) electrons. The molecule has 1 N–H and O–H groups in total. The number of aromatic nitrogens is 2. The summed E-state index contributed by atoms with van der Waals surface area (Å²) in [5, 5.41) is 1.60. The summed E-state index contributed by atoms with van der Waals surface area (Å²) in [5.74, 6) is -0.515. The molecular formula is C20H20FN3O3S. The van der Waals surface area contributed by atoms with Gasteiger partial charge in [0.15, 0.2) is 5.82 Å². The van der Waals surface area contributed by atoms with Gasteiger partial charge in [-0.3, -0.25) is 0 Å². The molecule has 4 rings (SSSR count). The van der Waals surface area contributed by atoms with Crippen LogP contribution in [0.25, 0.3) is 10.8 Å². The lowest BCUT2D eigenvalue weighted by Gasteiger charge is -2.28. The van der Waals surface area contributed by atoms with Crippen molar-refractivity contribution in [2.24, 2.45) is 0 Å². The number of hydrogen-bond acceptors (Lipinski definition) is 5. The molecule has 0 amide bonds. The topological polar surface area (TPSA) is 81.2 Å². The van der Waals surface area contributed by atoms with Gasteiger partial charge in [0.25, 0.3) is 0 Å². The van der Waals surface area contributed by atoms with E-state index in [4.69, 9.17) is 4.74 Å². The second-order valence-electron chi connectivity index (χ2n) is 6.87. The van der Waals surface area contributed by atoms with Gasteiger partial charge in [-0.1, -0.05) is 36.4 Å². The van der Waals surface area contributed by atoms with Crippen molar-refractivity contribution in [1.29, 1.82) is 0 Å². The zero-order valence-electron chi connectivity index (χ0n) is 15.1. The minimum atomic E-state index is -3.62. The maximum atomic E-state index is 12.9. The van der Waals surface area contributed by atoms with Crippen LogP contribution in [0, 0.1) is 5.82 Å². The molecule has 1 aliphatic rings. The van der Waals surface area contributed by atoms with Gasteiger partial charge < -0.3 is 4.74 Å². The van der Waals surface area contributed by atoms with E-state index in [1.165, 1.54) is 0 Å². The zero-order chi connectivity index (χ0) is 19.6. The molecule has 0 spiro atoms. The Bertz CT molecular complexity index is 1060. The number of fused-ring (bicyclic) bond motifs is 1. The summed E-state index contributed by atoms with van der Waals surface area (Å²) in [6.45, 7) is 0. The van der Waals surface area contributed by atoms with E-state index in [1.54, 1.807) is 12.1 Å². The minimum Gasteiger partial charge on any atom is -0.460 e. The average molecular weight is 401 g/mol.